The molecule has 1 aliphatic rings. The highest BCUT2D eigenvalue weighted by molar-refractivity contribution is 6.00. The molecule has 4 rings (SSSR count). The van der Waals surface area contributed by atoms with Gasteiger partial charge >= 0.3 is 0 Å². The molecule has 0 bridgehead atoms. The standard InChI is InChI=1S/C20H21N5O4/c1-13-18(14(2)29-22-13)10-24-9-16(7-21-24)25-19(12-26)23(11-20(25)28)8-15-3-5-17(27)6-4-15/h3-7,9,12,26-27H,8,10-11H2,1-2H3/b19-12+. The van der Waals surface area contributed by atoms with E-state index in [-0.39, 0.29) is 18.2 Å². The van der Waals surface area contributed by atoms with Crippen LogP contribution in [0, 0.1) is 13.8 Å². The van der Waals surface area contributed by atoms with Gasteiger partial charge in [-0.3, -0.25) is 14.4 Å². The predicted octanol–water partition coefficient (Wildman–Crippen LogP) is 2.45. The van der Waals surface area contributed by atoms with Crippen LogP contribution in [0.2, 0.25) is 0 Å². The fraction of sp³-hybridized carbons (Fsp3) is 0.250. The van der Waals surface area contributed by atoms with E-state index in [1.165, 1.54) is 4.90 Å². The average Bonchev–Trinajstić information content (AvgIpc) is 3.37. The van der Waals surface area contributed by atoms with E-state index in [2.05, 4.69) is 10.3 Å². The number of nitrogens with zero attached hydrogens (tertiary/aromatic N) is 5. The first-order valence-electron chi connectivity index (χ1n) is 9.10. The maximum Gasteiger partial charge on any atom is 0.252 e. The molecule has 0 aliphatic carbocycles. The number of aryl methyl sites for hydroxylation is 2. The van der Waals surface area contributed by atoms with Gasteiger partial charge in [-0.25, -0.2) is 0 Å². The minimum atomic E-state index is -0.166. The number of anilines is 1. The van der Waals surface area contributed by atoms with E-state index in [4.69, 9.17) is 4.52 Å². The number of aromatic nitrogens is 3. The number of aliphatic hydroxyl groups is 1. The summed E-state index contributed by atoms with van der Waals surface area (Å²) in [5.74, 6) is 1.12. The van der Waals surface area contributed by atoms with Crippen molar-refractivity contribution in [2.24, 2.45) is 0 Å². The van der Waals surface area contributed by atoms with Crippen LogP contribution in [0.15, 0.2) is 53.3 Å². The Morgan fingerprint density at radius 1 is 1.21 bits per heavy atom. The van der Waals surface area contributed by atoms with Gasteiger partial charge in [0.25, 0.3) is 5.91 Å². The van der Waals surface area contributed by atoms with Gasteiger partial charge in [0.15, 0.2) is 5.82 Å². The second-order valence-corrected chi connectivity index (χ2v) is 6.94. The molecule has 1 aromatic carbocycles. The van der Waals surface area contributed by atoms with E-state index >= 15 is 0 Å². The first-order chi connectivity index (χ1) is 14.0. The maximum absolute atomic E-state index is 12.7. The molecule has 1 aliphatic heterocycles. The van der Waals surface area contributed by atoms with Crippen LogP contribution in [0.3, 0.4) is 0 Å². The number of benzene rings is 1. The SMILES string of the molecule is Cc1noc(C)c1Cn1cc(N2C(=O)CN(Cc3ccc(O)cc3)/C2=C\O)cn1. The lowest BCUT2D eigenvalue weighted by Gasteiger charge is -2.21. The van der Waals surface area contributed by atoms with Crippen molar-refractivity contribution in [3.05, 3.63) is 71.3 Å². The zero-order chi connectivity index (χ0) is 20.5. The quantitative estimate of drug-likeness (QED) is 0.639. The lowest BCUT2D eigenvalue weighted by molar-refractivity contribution is -0.116. The predicted molar refractivity (Wildman–Crippen MR) is 104 cm³/mol. The molecule has 150 valence electrons. The first-order valence-corrected chi connectivity index (χ1v) is 9.10. The van der Waals surface area contributed by atoms with E-state index in [1.54, 1.807) is 46.2 Å². The highest BCUT2D eigenvalue weighted by Crippen LogP contribution is 2.29. The largest absolute Gasteiger partial charge is 0.512 e. The Labute approximate surface area is 167 Å². The van der Waals surface area contributed by atoms with Crippen molar-refractivity contribution in [3.8, 4) is 5.75 Å². The zero-order valence-electron chi connectivity index (χ0n) is 16.1. The van der Waals surface area contributed by atoms with Crippen LogP contribution in [0.25, 0.3) is 0 Å². The van der Waals surface area contributed by atoms with Gasteiger partial charge in [-0.2, -0.15) is 5.10 Å². The average molecular weight is 395 g/mol. The Hall–Kier alpha value is -3.75. The molecular formula is C20H21N5O4. The van der Waals surface area contributed by atoms with Gasteiger partial charge < -0.3 is 19.6 Å². The molecule has 2 N–H and O–H groups in total. The van der Waals surface area contributed by atoms with Gasteiger partial charge in [0.1, 0.15) is 17.8 Å². The van der Waals surface area contributed by atoms with Crippen LogP contribution in [0.4, 0.5) is 5.69 Å². The molecule has 2 aromatic heterocycles. The molecule has 0 unspecified atom stereocenters. The Balaban J connectivity index is 1.54. The van der Waals surface area contributed by atoms with Crippen molar-refractivity contribution < 1.29 is 19.5 Å². The Bertz CT molecular complexity index is 1050. The van der Waals surface area contributed by atoms with Gasteiger partial charge in [0, 0.05) is 18.3 Å². The van der Waals surface area contributed by atoms with Gasteiger partial charge in [-0.15, -0.1) is 0 Å². The number of hydrogen-bond acceptors (Lipinski definition) is 7. The second kappa shape index (κ2) is 7.34. The van der Waals surface area contributed by atoms with Crippen LogP contribution >= 0.6 is 0 Å². The third kappa shape index (κ3) is 3.54. The summed E-state index contributed by atoms with van der Waals surface area (Å²) in [4.78, 5) is 15.9. The molecule has 9 heteroatoms. The summed E-state index contributed by atoms with van der Waals surface area (Å²) in [6.45, 7) is 4.73. The minimum absolute atomic E-state index is 0.127. The highest BCUT2D eigenvalue weighted by atomic mass is 16.5. The van der Waals surface area contributed by atoms with Crippen LogP contribution in [0.5, 0.6) is 5.75 Å². The normalized spacial score (nSPS) is 15.7. The molecule has 0 radical (unpaired) electrons. The molecule has 0 spiro atoms. The molecule has 1 amide bonds. The second-order valence-electron chi connectivity index (χ2n) is 6.94. The smallest absolute Gasteiger partial charge is 0.252 e. The summed E-state index contributed by atoms with van der Waals surface area (Å²) in [5.41, 5.74) is 3.22. The summed E-state index contributed by atoms with van der Waals surface area (Å²) < 4.78 is 6.88. The Kier molecular flexibility index (Phi) is 4.71. The molecule has 29 heavy (non-hydrogen) atoms. The van der Waals surface area contributed by atoms with E-state index in [9.17, 15) is 15.0 Å². The molecule has 9 nitrogen and oxygen atoms in total. The summed E-state index contributed by atoms with van der Waals surface area (Å²) in [7, 11) is 0. The molecular weight excluding hydrogens is 374 g/mol. The number of phenols is 1. The number of phenolic OH excluding ortho intramolecular Hbond substituents is 1. The summed E-state index contributed by atoms with van der Waals surface area (Å²) in [6.07, 6.45) is 4.26. The third-order valence-corrected chi connectivity index (χ3v) is 4.93. The Morgan fingerprint density at radius 3 is 2.62 bits per heavy atom. The molecule has 1 fully saturated rings. The molecule has 3 heterocycles. The number of aliphatic hydroxyl groups excluding tert-OH is 1. The highest BCUT2D eigenvalue weighted by Gasteiger charge is 2.34. The third-order valence-electron chi connectivity index (χ3n) is 4.93. The van der Waals surface area contributed by atoms with Crippen molar-refractivity contribution in [1.82, 2.24) is 19.8 Å². The fourth-order valence-corrected chi connectivity index (χ4v) is 3.40. The molecule has 0 atom stereocenters. The van der Waals surface area contributed by atoms with Crippen LogP contribution in [-0.2, 0) is 17.9 Å². The van der Waals surface area contributed by atoms with Crippen LogP contribution in [-0.4, -0.2) is 42.5 Å². The topological polar surface area (TPSA) is 108 Å². The molecule has 0 saturated carbocycles. The molecule has 3 aromatic rings. The molecule has 1 saturated heterocycles. The number of aromatic hydroxyl groups is 1. The van der Waals surface area contributed by atoms with Gasteiger partial charge in [-0.05, 0) is 31.5 Å². The van der Waals surface area contributed by atoms with E-state index in [0.717, 1.165) is 28.8 Å². The lowest BCUT2D eigenvalue weighted by atomic mass is 10.2. The van der Waals surface area contributed by atoms with Crippen LogP contribution in [0.1, 0.15) is 22.6 Å². The van der Waals surface area contributed by atoms with Crippen molar-refractivity contribution in [3.63, 3.8) is 0 Å². The van der Waals surface area contributed by atoms with E-state index in [0.29, 0.717) is 24.6 Å². The van der Waals surface area contributed by atoms with E-state index < -0.39 is 0 Å². The van der Waals surface area contributed by atoms with Crippen molar-refractivity contribution in [2.75, 3.05) is 11.4 Å². The van der Waals surface area contributed by atoms with Gasteiger partial charge in [0.05, 0.1) is 30.7 Å². The number of carbonyl (C=O) groups excluding carboxylic acids is 1. The maximum atomic E-state index is 12.7. The number of amides is 1. The number of rotatable bonds is 5. The van der Waals surface area contributed by atoms with Gasteiger partial charge in [0.2, 0.25) is 0 Å². The van der Waals surface area contributed by atoms with Crippen LogP contribution < -0.4 is 4.90 Å². The van der Waals surface area contributed by atoms with Crippen molar-refractivity contribution >= 4 is 11.6 Å². The van der Waals surface area contributed by atoms with Crippen molar-refractivity contribution in [1.29, 1.82) is 0 Å². The number of carbonyl (C=O) groups is 1. The first kappa shape index (κ1) is 18.6. The van der Waals surface area contributed by atoms with E-state index in [1.807, 2.05) is 13.8 Å². The Morgan fingerprint density at radius 2 is 1.97 bits per heavy atom. The summed E-state index contributed by atoms with van der Waals surface area (Å²) >= 11 is 0. The van der Waals surface area contributed by atoms with Gasteiger partial charge in [-0.1, -0.05) is 17.3 Å². The monoisotopic (exact) mass is 395 g/mol. The zero-order valence-corrected chi connectivity index (χ0v) is 16.1. The lowest BCUT2D eigenvalue weighted by Crippen LogP contribution is -2.24. The minimum Gasteiger partial charge on any atom is -0.512 e. The number of hydrogen-bond donors (Lipinski definition) is 2. The fourth-order valence-electron chi connectivity index (χ4n) is 3.40. The summed E-state index contributed by atoms with van der Waals surface area (Å²) in [6, 6.07) is 6.73. The van der Waals surface area contributed by atoms with Crippen molar-refractivity contribution in [2.45, 2.75) is 26.9 Å². The summed E-state index contributed by atoms with van der Waals surface area (Å²) in [5, 5.41) is 27.5.